The zero-order chi connectivity index (χ0) is 13.7. The zero-order valence-electron chi connectivity index (χ0n) is 11.9. The van der Waals surface area contributed by atoms with Gasteiger partial charge >= 0.3 is 0 Å². The lowest BCUT2D eigenvalue weighted by Crippen LogP contribution is -2.19. The van der Waals surface area contributed by atoms with Crippen molar-refractivity contribution in [1.82, 2.24) is 20.0 Å². The lowest BCUT2D eigenvalue weighted by molar-refractivity contribution is 0.374. The van der Waals surface area contributed by atoms with Crippen LogP contribution in [0.5, 0.6) is 0 Å². The number of nitrogens with one attached hydrogen (secondary N) is 1. The predicted molar refractivity (Wildman–Crippen MR) is 79.0 cm³/mol. The van der Waals surface area contributed by atoms with Gasteiger partial charge in [0.2, 0.25) is 0 Å². The fraction of sp³-hybridized carbons (Fsp3) is 0.400. The number of hydrogen-bond acceptors (Lipinski definition) is 3. The first-order valence-electron chi connectivity index (χ1n) is 6.62. The molecule has 1 aromatic heterocycles. The second-order valence-electron chi connectivity index (χ2n) is 4.94. The Balaban J connectivity index is 2.33. The van der Waals surface area contributed by atoms with E-state index in [1.807, 2.05) is 19.3 Å². The van der Waals surface area contributed by atoms with Crippen molar-refractivity contribution in [2.45, 2.75) is 13.1 Å². The molecule has 102 valence electrons. The van der Waals surface area contributed by atoms with E-state index in [0.717, 1.165) is 19.6 Å². The van der Waals surface area contributed by atoms with Gasteiger partial charge in [-0.1, -0.05) is 30.3 Å². The Morgan fingerprint density at radius 1 is 1.21 bits per heavy atom. The summed E-state index contributed by atoms with van der Waals surface area (Å²) in [6, 6.07) is 10.5. The second-order valence-corrected chi connectivity index (χ2v) is 4.94. The van der Waals surface area contributed by atoms with Crippen LogP contribution >= 0.6 is 0 Å². The number of aromatic nitrogens is 2. The molecule has 1 heterocycles. The molecule has 0 bridgehead atoms. The molecule has 0 aliphatic rings. The molecule has 0 amide bonds. The smallest absolute Gasteiger partial charge is 0.0727 e. The maximum absolute atomic E-state index is 4.53. The second kappa shape index (κ2) is 6.50. The van der Waals surface area contributed by atoms with E-state index in [0.29, 0.717) is 0 Å². The summed E-state index contributed by atoms with van der Waals surface area (Å²) >= 11 is 0. The first kappa shape index (κ1) is 13.8. The minimum Gasteiger partial charge on any atom is -0.316 e. The summed E-state index contributed by atoms with van der Waals surface area (Å²) in [4.78, 5) is 2.17. The van der Waals surface area contributed by atoms with Gasteiger partial charge in [-0.25, -0.2) is 0 Å². The summed E-state index contributed by atoms with van der Waals surface area (Å²) < 4.78 is 2.10. The van der Waals surface area contributed by atoms with Gasteiger partial charge in [0.05, 0.1) is 18.4 Å². The van der Waals surface area contributed by atoms with Crippen molar-refractivity contribution in [1.29, 1.82) is 0 Å². The van der Waals surface area contributed by atoms with Crippen LogP contribution in [-0.4, -0.2) is 42.4 Å². The molecule has 19 heavy (non-hydrogen) atoms. The van der Waals surface area contributed by atoms with E-state index in [4.69, 9.17) is 0 Å². The van der Waals surface area contributed by atoms with Crippen molar-refractivity contribution in [2.75, 3.05) is 27.7 Å². The Morgan fingerprint density at radius 3 is 2.58 bits per heavy atom. The maximum Gasteiger partial charge on any atom is 0.0727 e. The third-order valence-corrected chi connectivity index (χ3v) is 3.09. The fourth-order valence-electron chi connectivity index (χ4n) is 2.14. The van der Waals surface area contributed by atoms with Crippen LogP contribution in [0.1, 0.15) is 5.56 Å². The summed E-state index contributed by atoms with van der Waals surface area (Å²) in [6.07, 6.45) is 1.97. The molecule has 0 spiro atoms. The molecule has 0 radical (unpaired) electrons. The highest BCUT2D eigenvalue weighted by Crippen LogP contribution is 2.23. The van der Waals surface area contributed by atoms with Gasteiger partial charge < -0.3 is 10.2 Å². The molecular weight excluding hydrogens is 236 g/mol. The van der Waals surface area contributed by atoms with Gasteiger partial charge in [-0.2, -0.15) is 5.10 Å². The summed E-state index contributed by atoms with van der Waals surface area (Å²) in [5.41, 5.74) is 3.69. The van der Waals surface area contributed by atoms with Crippen LogP contribution in [0, 0.1) is 0 Å². The molecular formula is C15H22N4. The first-order chi connectivity index (χ1) is 9.22. The molecule has 0 saturated heterocycles. The van der Waals surface area contributed by atoms with Gasteiger partial charge in [0.25, 0.3) is 0 Å². The molecule has 2 rings (SSSR count). The minimum atomic E-state index is 0.839. The zero-order valence-corrected chi connectivity index (χ0v) is 11.9. The summed E-state index contributed by atoms with van der Waals surface area (Å²) in [6.45, 7) is 2.73. The summed E-state index contributed by atoms with van der Waals surface area (Å²) in [5.74, 6) is 0. The normalized spacial score (nSPS) is 11.2. The van der Waals surface area contributed by atoms with E-state index in [-0.39, 0.29) is 0 Å². The van der Waals surface area contributed by atoms with Crippen LogP contribution in [0.4, 0.5) is 0 Å². The van der Waals surface area contributed by atoms with Gasteiger partial charge in [-0.3, -0.25) is 4.68 Å². The fourth-order valence-corrected chi connectivity index (χ4v) is 2.14. The number of likely N-dealkylation sites (N-methyl/N-ethyl adjacent to an activating group) is 1. The largest absolute Gasteiger partial charge is 0.316 e. The highest BCUT2D eigenvalue weighted by atomic mass is 15.3. The molecule has 0 aliphatic heterocycles. The van der Waals surface area contributed by atoms with Crippen LogP contribution in [0.15, 0.2) is 36.5 Å². The molecule has 1 N–H and O–H groups in total. The number of rotatable bonds is 6. The Morgan fingerprint density at radius 2 is 1.95 bits per heavy atom. The van der Waals surface area contributed by atoms with E-state index in [9.17, 15) is 0 Å². The van der Waals surface area contributed by atoms with Crippen LogP contribution < -0.4 is 5.32 Å². The Bertz CT molecular complexity index is 502. The van der Waals surface area contributed by atoms with E-state index >= 15 is 0 Å². The van der Waals surface area contributed by atoms with Crippen molar-refractivity contribution in [3.8, 4) is 11.3 Å². The Hall–Kier alpha value is -1.65. The summed E-state index contributed by atoms with van der Waals surface area (Å²) in [7, 11) is 6.13. The standard InChI is InChI=1S/C15H22N4/c1-16-11-14-12-17-19(10-9-18(2)3)15(14)13-7-5-4-6-8-13/h4-8,12,16H,9-11H2,1-3H3. The molecule has 0 atom stereocenters. The third-order valence-electron chi connectivity index (χ3n) is 3.09. The SMILES string of the molecule is CNCc1cnn(CCN(C)C)c1-c1ccccc1. The van der Waals surface area contributed by atoms with Crippen LogP contribution in [0.25, 0.3) is 11.3 Å². The molecule has 1 aromatic carbocycles. The Labute approximate surface area is 115 Å². The topological polar surface area (TPSA) is 33.1 Å². The van der Waals surface area contributed by atoms with Gasteiger partial charge in [0, 0.05) is 24.2 Å². The maximum atomic E-state index is 4.53. The van der Waals surface area contributed by atoms with Crippen molar-refractivity contribution < 1.29 is 0 Å². The number of hydrogen-bond donors (Lipinski definition) is 1. The molecule has 0 fully saturated rings. The summed E-state index contributed by atoms with van der Waals surface area (Å²) in [5, 5.41) is 7.74. The van der Waals surface area contributed by atoms with Crippen molar-refractivity contribution >= 4 is 0 Å². The minimum absolute atomic E-state index is 0.839. The predicted octanol–water partition coefficient (Wildman–Crippen LogP) is 1.83. The average molecular weight is 258 g/mol. The molecule has 2 aromatic rings. The molecule has 4 nitrogen and oxygen atoms in total. The highest BCUT2D eigenvalue weighted by Gasteiger charge is 2.12. The lowest BCUT2D eigenvalue weighted by atomic mass is 10.1. The van der Waals surface area contributed by atoms with Gasteiger partial charge in [-0.05, 0) is 21.1 Å². The van der Waals surface area contributed by atoms with E-state index in [1.54, 1.807) is 0 Å². The van der Waals surface area contributed by atoms with Crippen molar-refractivity contribution in [3.63, 3.8) is 0 Å². The van der Waals surface area contributed by atoms with Crippen molar-refractivity contribution in [3.05, 3.63) is 42.1 Å². The Kier molecular flexibility index (Phi) is 4.71. The highest BCUT2D eigenvalue weighted by molar-refractivity contribution is 5.63. The van der Waals surface area contributed by atoms with Gasteiger partial charge in [0.1, 0.15) is 0 Å². The molecule has 0 aliphatic carbocycles. The third kappa shape index (κ3) is 3.43. The van der Waals surface area contributed by atoms with E-state index in [2.05, 4.69) is 58.4 Å². The average Bonchev–Trinajstić information content (AvgIpc) is 2.81. The number of nitrogens with zero attached hydrogens (tertiary/aromatic N) is 3. The van der Waals surface area contributed by atoms with E-state index in [1.165, 1.54) is 16.8 Å². The monoisotopic (exact) mass is 258 g/mol. The van der Waals surface area contributed by atoms with Crippen LogP contribution in [0.3, 0.4) is 0 Å². The van der Waals surface area contributed by atoms with Gasteiger partial charge in [0.15, 0.2) is 0 Å². The molecule has 0 saturated carbocycles. The van der Waals surface area contributed by atoms with Crippen LogP contribution in [-0.2, 0) is 13.1 Å². The van der Waals surface area contributed by atoms with Crippen molar-refractivity contribution in [2.24, 2.45) is 0 Å². The van der Waals surface area contributed by atoms with Gasteiger partial charge in [-0.15, -0.1) is 0 Å². The quantitative estimate of drug-likeness (QED) is 0.858. The lowest BCUT2D eigenvalue weighted by Gasteiger charge is -2.13. The molecule has 4 heteroatoms. The first-order valence-corrected chi connectivity index (χ1v) is 6.62. The number of benzene rings is 1. The van der Waals surface area contributed by atoms with E-state index < -0.39 is 0 Å². The molecule has 0 unspecified atom stereocenters. The van der Waals surface area contributed by atoms with Crippen LogP contribution in [0.2, 0.25) is 0 Å².